The van der Waals surface area contributed by atoms with E-state index >= 15 is 0 Å². The van der Waals surface area contributed by atoms with Gasteiger partial charge in [0.05, 0.1) is 0 Å². The largest absolute Gasteiger partial charge is 0.344 e. The summed E-state index contributed by atoms with van der Waals surface area (Å²) in [6.07, 6.45) is 17.0. The fourth-order valence-electron chi connectivity index (χ4n) is 4.21. The third kappa shape index (κ3) is 3.24. The summed E-state index contributed by atoms with van der Waals surface area (Å²) >= 11 is 0. The number of allylic oxidation sites excluding steroid dienone is 2. The van der Waals surface area contributed by atoms with Gasteiger partial charge in [0.25, 0.3) is 0 Å². The van der Waals surface area contributed by atoms with Crippen LogP contribution in [0.15, 0.2) is 73.5 Å². The van der Waals surface area contributed by atoms with Gasteiger partial charge < -0.3 is 9.47 Å². The van der Waals surface area contributed by atoms with E-state index in [1.165, 1.54) is 36.8 Å². The summed E-state index contributed by atoms with van der Waals surface area (Å²) in [5.74, 6) is 0.972. The van der Waals surface area contributed by atoms with Crippen molar-refractivity contribution in [1.29, 1.82) is 0 Å². The summed E-state index contributed by atoms with van der Waals surface area (Å²) in [7, 11) is 0. The predicted octanol–water partition coefficient (Wildman–Crippen LogP) is 4.87. The van der Waals surface area contributed by atoms with Crippen molar-refractivity contribution >= 4 is 11.3 Å². The molecule has 28 heavy (non-hydrogen) atoms. The molecule has 0 bridgehead atoms. The van der Waals surface area contributed by atoms with Crippen molar-refractivity contribution in [3.05, 3.63) is 79.0 Å². The first-order chi connectivity index (χ1) is 13.9. The molecular weight excluding hydrogens is 346 g/mol. The summed E-state index contributed by atoms with van der Waals surface area (Å²) in [5.41, 5.74) is 4.77. The molecule has 1 aliphatic carbocycles. The minimum Gasteiger partial charge on any atom is -0.344 e. The van der Waals surface area contributed by atoms with Gasteiger partial charge in [-0.2, -0.15) is 0 Å². The Balaban J connectivity index is 1.42. The van der Waals surface area contributed by atoms with E-state index < -0.39 is 0 Å². The molecule has 0 radical (unpaired) electrons. The molecule has 0 saturated heterocycles. The molecule has 1 aromatic carbocycles. The number of nitrogens with zero attached hydrogens (tertiary/aromatic N) is 5. The molecule has 3 heterocycles. The van der Waals surface area contributed by atoms with E-state index in [2.05, 4.69) is 79.4 Å². The highest BCUT2D eigenvalue weighted by molar-refractivity contribution is 5.75. The molecule has 5 heteroatoms. The van der Waals surface area contributed by atoms with E-state index in [1.54, 1.807) is 0 Å². The number of pyridine rings is 1. The van der Waals surface area contributed by atoms with Crippen LogP contribution in [0.5, 0.6) is 0 Å². The van der Waals surface area contributed by atoms with Crippen molar-refractivity contribution in [2.24, 2.45) is 0 Å². The number of benzene rings is 1. The smallest absolute Gasteiger partial charge is 0.164 e. The van der Waals surface area contributed by atoms with Crippen LogP contribution in [-0.2, 0) is 0 Å². The maximum absolute atomic E-state index is 4.44. The van der Waals surface area contributed by atoms with Crippen LogP contribution in [-0.4, -0.2) is 26.3 Å². The molecule has 0 unspecified atom stereocenters. The van der Waals surface area contributed by atoms with Crippen molar-refractivity contribution in [1.82, 2.24) is 19.7 Å². The van der Waals surface area contributed by atoms with Crippen LogP contribution in [0, 0.1) is 0 Å². The normalized spacial score (nSPS) is 17.1. The summed E-state index contributed by atoms with van der Waals surface area (Å²) in [4.78, 5) is 6.40. The van der Waals surface area contributed by atoms with Crippen LogP contribution in [0.1, 0.15) is 37.3 Å². The SMILES string of the molecule is C1=CN(c2cccc(-c3nncn3C3CCCC3)c2)CC(c2ccncc2)=C1. The predicted molar refractivity (Wildman–Crippen MR) is 112 cm³/mol. The van der Waals surface area contributed by atoms with E-state index in [0.717, 1.165) is 23.6 Å². The maximum Gasteiger partial charge on any atom is 0.164 e. The van der Waals surface area contributed by atoms with Gasteiger partial charge in [0.15, 0.2) is 5.82 Å². The van der Waals surface area contributed by atoms with Crippen LogP contribution in [0.4, 0.5) is 5.69 Å². The highest BCUT2D eigenvalue weighted by atomic mass is 15.3. The Morgan fingerprint density at radius 3 is 2.68 bits per heavy atom. The average molecular weight is 369 g/mol. The Morgan fingerprint density at radius 1 is 0.964 bits per heavy atom. The molecule has 2 aliphatic rings. The Labute approximate surface area is 165 Å². The van der Waals surface area contributed by atoms with Gasteiger partial charge in [-0.25, -0.2) is 0 Å². The van der Waals surface area contributed by atoms with Crippen molar-refractivity contribution in [3.8, 4) is 11.4 Å². The summed E-state index contributed by atoms with van der Waals surface area (Å²) in [6.45, 7) is 0.833. The lowest BCUT2D eigenvalue weighted by molar-refractivity contribution is 0.522. The van der Waals surface area contributed by atoms with Crippen molar-refractivity contribution < 1.29 is 0 Å². The Morgan fingerprint density at radius 2 is 1.82 bits per heavy atom. The zero-order valence-corrected chi connectivity index (χ0v) is 15.8. The number of aromatic nitrogens is 4. The van der Waals surface area contributed by atoms with E-state index in [1.807, 2.05) is 18.7 Å². The van der Waals surface area contributed by atoms with Gasteiger partial charge in [0.1, 0.15) is 6.33 Å². The van der Waals surface area contributed by atoms with E-state index in [4.69, 9.17) is 0 Å². The Hall–Kier alpha value is -3.21. The molecule has 1 aliphatic heterocycles. The topological polar surface area (TPSA) is 46.8 Å². The van der Waals surface area contributed by atoms with Crippen molar-refractivity contribution in [3.63, 3.8) is 0 Å². The highest BCUT2D eigenvalue weighted by Crippen LogP contribution is 2.34. The molecule has 5 rings (SSSR count). The molecule has 1 saturated carbocycles. The first-order valence-corrected chi connectivity index (χ1v) is 9.93. The minimum atomic E-state index is 0.532. The summed E-state index contributed by atoms with van der Waals surface area (Å²) in [5, 5.41) is 8.65. The highest BCUT2D eigenvalue weighted by Gasteiger charge is 2.21. The maximum atomic E-state index is 4.44. The van der Waals surface area contributed by atoms with Gasteiger partial charge in [-0.3, -0.25) is 4.98 Å². The number of rotatable bonds is 4. The van der Waals surface area contributed by atoms with Gasteiger partial charge in [-0.1, -0.05) is 31.1 Å². The van der Waals surface area contributed by atoms with Crippen molar-refractivity contribution in [2.75, 3.05) is 11.4 Å². The lowest BCUT2D eigenvalue weighted by Crippen LogP contribution is -2.20. The second-order valence-electron chi connectivity index (χ2n) is 7.45. The van der Waals surface area contributed by atoms with Crippen LogP contribution < -0.4 is 4.90 Å². The lowest BCUT2D eigenvalue weighted by atomic mass is 10.0. The second kappa shape index (κ2) is 7.43. The van der Waals surface area contributed by atoms with Crippen LogP contribution >= 0.6 is 0 Å². The number of hydrogen-bond donors (Lipinski definition) is 0. The molecule has 0 atom stereocenters. The quantitative estimate of drug-likeness (QED) is 0.658. The number of anilines is 1. The molecule has 5 nitrogen and oxygen atoms in total. The van der Waals surface area contributed by atoms with E-state index in [0.29, 0.717) is 6.04 Å². The third-order valence-corrected chi connectivity index (χ3v) is 5.68. The first kappa shape index (κ1) is 16.9. The molecule has 2 aromatic heterocycles. The molecule has 0 N–H and O–H groups in total. The van der Waals surface area contributed by atoms with Gasteiger partial charge in [-0.05, 0) is 54.3 Å². The molecule has 3 aromatic rings. The fraction of sp³-hybridized carbons (Fsp3) is 0.261. The Bertz CT molecular complexity index is 1010. The lowest BCUT2D eigenvalue weighted by Gasteiger charge is -2.25. The van der Waals surface area contributed by atoms with Gasteiger partial charge in [0.2, 0.25) is 0 Å². The molecule has 0 spiro atoms. The second-order valence-corrected chi connectivity index (χ2v) is 7.45. The standard InChI is InChI=1S/C23H23N5/c1-2-8-21(7-1)28-17-25-26-23(28)19-5-3-9-22(15-19)27-14-4-6-20(16-27)18-10-12-24-13-11-18/h3-6,9-15,17,21H,1-2,7-8,16H2. The zero-order valence-electron chi connectivity index (χ0n) is 15.8. The minimum absolute atomic E-state index is 0.532. The van der Waals surface area contributed by atoms with E-state index in [-0.39, 0.29) is 0 Å². The summed E-state index contributed by atoms with van der Waals surface area (Å²) in [6, 6.07) is 13.3. The van der Waals surface area contributed by atoms with E-state index in [9.17, 15) is 0 Å². The first-order valence-electron chi connectivity index (χ1n) is 9.93. The molecule has 1 fully saturated rings. The molecular formula is C23H23N5. The van der Waals surface area contributed by atoms with Gasteiger partial charge in [-0.15, -0.1) is 10.2 Å². The average Bonchev–Trinajstić information content (AvgIpc) is 3.46. The number of hydrogen-bond acceptors (Lipinski definition) is 4. The van der Waals surface area contributed by atoms with Crippen LogP contribution in [0.3, 0.4) is 0 Å². The monoisotopic (exact) mass is 369 g/mol. The third-order valence-electron chi connectivity index (χ3n) is 5.68. The zero-order chi connectivity index (χ0) is 18.8. The van der Waals surface area contributed by atoms with Crippen LogP contribution in [0.2, 0.25) is 0 Å². The summed E-state index contributed by atoms with van der Waals surface area (Å²) < 4.78 is 2.26. The molecule has 0 amide bonds. The van der Waals surface area contributed by atoms with Gasteiger partial charge in [0, 0.05) is 42.4 Å². The Kier molecular flexibility index (Phi) is 4.49. The molecule has 140 valence electrons. The van der Waals surface area contributed by atoms with Crippen molar-refractivity contribution in [2.45, 2.75) is 31.7 Å². The van der Waals surface area contributed by atoms with Crippen LogP contribution in [0.25, 0.3) is 17.0 Å². The fourth-order valence-corrected chi connectivity index (χ4v) is 4.21. The van der Waals surface area contributed by atoms with Gasteiger partial charge >= 0.3 is 0 Å².